The van der Waals surface area contributed by atoms with Crippen molar-refractivity contribution in [1.82, 2.24) is 10.2 Å². The van der Waals surface area contributed by atoms with Crippen LogP contribution in [0.3, 0.4) is 0 Å². The van der Waals surface area contributed by atoms with E-state index in [1.807, 2.05) is 0 Å². The van der Waals surface area contributed by atoms with Gasteiger partial charge in [0.25, 0.3) is 5.91 Å². The van der Waals surface area contributed by atoms with Crippen molar-refractivity contribution in [2.24, 2.45) is 0 Å². The van der Waals surface area contributed by atoms with Gasteiger partial charge in [0.1, 0.15) is 11.8 Å². The van der Waals surface area contributed by atoms with E-state index >= 15 is 0 Å². The Morgan fingerprint density at radius 3 is 2.54 bits per heavy atom. The summed E-state index contributed by atoms with van der Waals surface area (Å²) in [7, 11) is 0. The quantitative estimate of drug-likeness (QED) is 0.762. The van der Waals surface area contributed by atoms with Crippen LogP contribution in [0.4, 0.5) is 23.7 Å². The minimum absolute atomic E-state index is 0.135. The van der Waals surface area contributed by atoms with E-state index in [4.69, 9.17) is 4.74 Å². The zero-order valence-electron chi connectivity index (χ0n) is 14.7. The van der Waals surface area contributed by atoms with Crippen LogP contribution in [-0.2, 0) is 10.9 Å². The molecule has 0 saturated carbocycles. The molecule has 1 aromatic rings. The van der Waals surface area contributed by atoms with Gasteiger partial charge in [-0.1, -0.05) is 0 Å². The van der Waals surface area contributed by atoms with Crippen LogP contribution in [0.15, 0.2) is 18.2 Å². The van der Waals surface area contributed by atoms with Crippen LogP contribution in [0.1, 0.15) is 36.7 Å². The third kappa shape index (κ3) is 3.56. The number of anilines is 1. The monoisotopic (exact) mass is 371 g/mol. The van der Waals surface area contributed by atoms with E-state index in [1.54, 1.807) is 25.7 Å². The molecule has 142 valence electrons. The molecule has 1 unspecified atom stereocenters. The summed E-state index contributed by atoms with van der Waals surface area (Å²) in [6.07, 6.45) is -5.60. The molecule has 1 fully saturated rings. The van der Waals surface area contributed by atoms with Gasteiger partial charge in [-0.15, -0.1) is 0 Å². The molecule has 2 amide bonds. The number of rotatable bonds is 0. The lowest BCUT2D eigenvalue weighted by molar-refractivity contribution is -0.137. The van der Waals surface area contributed by atoms with Crippen LogP contribution in [0.25, 0.3) is 0 Å². The lowest BCUT2D eigenvalue weighted by atomic mass is 10.0. The van der Waals surface area contributed by atoms with Crippen LogP contribution in [0.2, 0.25) is 0 Å². The Morgan fingerprint density at radius 1 is 1.23 bits per heavy atom. The SMILES string of the molecule is CC(C)(C)OC(=O)N1CCN2c3cc(C(F)(F)F)ccc3C(=O)NC2C1. The van der Waals surface area contributed by atoms with Crippen molar-refractivity contribution in [2.45, 2.75) is 38.7 Å². The molecule has 2 aliphatic heterocycles. The van der Waals surface area contributed by atoms with Crippen LogP contribution in [0, 0.1) is 0 Å². The number of halogens is 3. The Balaban J connectivity index is 1.84. The summed E-state index contributed by atoms with van der Waals surface area (Å²) in [5, 5.41) is 2.74. The highest BCUT2D eigenvalue weighted by atomic mass is 19.4. The van der Waals surface area contributed by atoms with Crippen molar-refractivity contribution in [1.29, 1.82) is 0 Å². The number of carbonyl (C=O) groups excluding carboxylic acids is 2. The number of piperazine rings is 1. The Bertz CT molecular complexity index is 743. The second-order valence-corrected chi connectivity index (χ2v) is 7.34. The van der Waals surface area contributed by atoms with Crippen molar-refractivity contribution in [3.05, 3.63) is 29.3 Å². The summed E-state index contributed by atoms with van der Waals surface area (Å²) in [6, 6.07) is 3.07. The van der Waals surface area contributed by atoms with E-state index in [1.165, 1.54) is 11.0 Å². The molecule has 26 heavy (non-hydrogen) atoms. The first-order valence-electron chi connectivity index (χ1n) is 8.22. The average molecular weight is 371 g/mol. The predicted octanol–water partition coefficient (Wildman–Crippen LogP) is 2.83. The molecule has 2 heterocycles. The first-order valence-corrected chi connectivity index (χ1v) is 8.22. The molecule has 9 heteroatoms. The predicted molar refractivity (Wildman–Crippen MR) is 87.9 cm³/mol. The number of carbonyl (C=O) groups is 2. The van der Waals surface area contributed by atoms with Crippen LogP contribution in [-0.4, -0.2) is 48.3 Å². The van der Waals surface area contributed by atoms with Gasteiger partial charge in [-0.2, -0.15) is 13.2 Å². The number of nitrogens with zero attached hydrogens (tertiary/aromatic N) is 2. The number of nitrogens with one attached hydrogen (secondary N) is 1. The highest BCUT2D eigenvalue weighted by Crippen LogP contribution is 2.36. The van der Waals surface area contributed by atoms with Gasteiger partial charge in [-0.05, 0) is 39.0 Å². The van der Waals surface area contributed by atoms with E-state index in [0.717, 1.165) is 12.1 Å². The van der Waals surface area contributed by atoms with Gasteiger partial charge in [0.05, 0.1) is 23.4 Å². The molecule has 1 aromatic carbocycles. The van der Waals surface area contributed by atoms with Crippen LogP contribution >= 0.6 is 0 Å². The standard InChI is InChI=1S/C17H20F3N3O3/c1-16(2,3)26-15(25)22-6-7-23-12-8-10(17(18,19)20)4-5-11(12)14(24)21-13(23)9-22/h4-5,8,13H,6-7,9H2,1-3H3,(H,21,24). The Morgan fingerprint density at radius 2 is 1.92 bits per heavy atom. The number of hydrogen-bond donors (Lipinski definition) is 1. The second-order valence-electron chi connectivity index (χ2n) is 7.34. The first-order chi connectivity index (χ1) is 12.0. The molecule has 6 nitrogen and oxygen atoms in total. The minimum Gasteiger partial charge on any atom is -0.444 e. The fourth-order valence-corrected chi connectivity index (χ4v) is 3.05. The molecule has 0 spiro atoms. The Kier molecular flexibility index (Phi) is 4.28. The molecule has 0 aliphatic carbocycles. The van der Waals surface area contributed by atoms with E-state index in [9.17, 15) is 22.8 Å². The minimum atomic E-state index is -4.49. The topological polar surface area (TPSA) is 61.9 Å². The lowest BCUT2D eigenvalue weighted by Gasteiger charge is -2.45. The van der Waals surface area contributed by atoms with Gasteiger partial charge in [-0.25, -0.2) is 4.79 Å². The molecule has 1 saturated heterocycles. The van der Waals surface area contributed by atoms with Gasteiger partial charge in [0.15, 0.2) is 0 Å². The van der Waals surface area contributed by atoms with Crippen molar-refractivity contribution >= 4 is 17.7 Å². The van der Waals surface area contributed by atoms with E-state index in [0.29, 0.717) is 6.54 Å². The second kappa shape index (κ2) is 6.07. The van der Waals surface area contributed by atoms with Crippen LogP contribution in [0.5, 0.6) is 0 Å². The zero-order valence-corrected chi connectivity index (χ0v) is 14.7. The maximum absolute atomic E-state index is 13.0. The molecular weight excluding hydrogens is 351 g/mol. The molecule has 0 bridgehead atoms. The zero-order chi connectivity index (χ0) is 19.3. The Hall–Kier alpha value is -2.45. The number of benzene rings is 1. The maximum atomic E-state index is 13.0. The van der Waals surface area contributed by atoms with E-state index in [2.05, 4.69) is 5.32 Å². The van der Waals surface area contributed by atoms with Crippen molar-refractivity contribution in [3.8, 4) is 0 Å². The summed E-state index contributed by atoms with van der Waals surface area (Å²) in [6.45, 7) is 5.96. The summed E-state index contributed by atoms with van der Waals surface area (Å²) >= 11 is 0. The molecule has 0 aromatic heterocycles. The average Bonchev–Trinajstić information content (AvgIpc) is 2.51. The van der Waals surface area contributed by atoms with Gasteiger partial charge in [0.2, 0.25) is 0 Å². The van der Waals surface area contributed by atoms with Crippen molar-refractivity contribution < 1.29 is 27.5 Å². The number of fused-ring (bicyclic) bond motifs is 3. The van der Waals surface area contributed by atoms with Gasteiger partial charge < -0.3 is 19.9 Å². The number of alkyl halides is 3. The summed E-state index contributed by atoms with van der Waals surface area (Å²) < 4.78 is 44.4. The fourth-order valence-electron chi connectivity index (χ4n) is 3.05. The highest BCUT2D eigenvalue weighted by Gasteiger charge is 2.39. The largest absolute Gasteiger partial charge is 0.444 e. The molecule has 1 N–H and O–H groups in total. The van der Waals surface area contributed by atoms with E-state index < -0.39 is 35.5 Å². The van der Waals surface area contributed by atoms with Gasteiger partial charge in [-0.3, -0.25) is 4.79 Å². The fraction of sp³-hybridized carbons (Fsp3) is 0.529. The summed E-state index contributed by atoms with van der Waals surface area (Å²) in [5.74, 6) is -0.457. The first kappa shape index (κ1) is 18.3. The molecule has 2 aliphatic rings. The van der Waals surface area contributed by atoms with Crippen LogP contribution < -0.4 is 10.2 Å². The van der Waals surface area contributed by atoms with E-state index in [-0.39, 0.29) is 24.3 Å². The van der Waals surface area contributed by atoms with Crippen molar-refractivity contribution in [3.63, 3.8) is 0 Å². The molecule has 3 rings (SSSR count). The maximum Gasteiger partial charge on any atom is 0.416 e. The molecule has 0 radical (unpaired) electrons. The van der Waals surface area contributed by atoms with Crippen molar-refractivity contribution in [2.75, 3.05) is 24.5 Å². The third-order valence-electron chi connectivity index (χ3n) is 4.21. The highest BCUT2D eigenvalue weighted by molar-refractivity contribution is 6.02. The Labute approximate surface area is 148 Å². The normalized spacial score (nSPS) is 20.2. The van der Waals surface area contributed by atoms with Gasteiger partial charge in [0, 0.05) is 13.1 Å². The number of ether oxygens (including phenoxy) is 1. The summed E-state index contributed by atoms with van der Waals surface area (Å²) in [5.41, 5.74) is -1.03. The smallest absolute Gasteiger partial charge is 0.416 e. The lowest BCUT2D eigenvalue weighted by Crippen LogP contribution is -2.64. The number of hydrogen-bond acceptors (Lipinski definition) is 4. The molecular formula is C17H20F3N3O3. The number of amides is 2. The summed E-state index contributed by atoms with van der Waals surface area (Å²) in [4.78, 5) is 27.6. The van der Waals surface area contributed by atoms with Gasteiger partial charge >= 0.3 is 12.3 Å². The third-order valence-corrected chi connectivity index (χ3v) is 4.21. The molecule has 1 atom stereocenters.